The molecule has 0 radical (unpaired) electrons. The second kappa shape index (κ2) is 10.8. The molecule has 33 heavy (non-hydrogen) atoms. The Hall–Kier alpha value is -2.93. The molecule has 0 atom stereocenters. The number of nitrogens with one attached hydrogen (secondary N) is 1. The lowest BCUT2D eigenvalue weighted by atomic mass is 10.1. The van der Waals surface area contributed by atoms with E-state index in [1.165, 1.54) is 0 Å². The molecule has 3 aromatic rings. The summed E-state index contributed by atoms with van der Waals surface area (Å²) in [5.74, 6) is -0.290. The Morgan fingerprint density at radius 2 is 1.82 bits per heavy atom. The molecule has 1 aliphatic heterocycles. The topological polar surface area (TPSA) is 71.0 Å². The smallest absolute Gasteiger partial charge is 0.337 e. The zero-order valence-electron chi connectivity index (χ0n) is 17.9. The maximum atomic E-state index is 11.9. The molecule has 0 aliphatic carbocycles. The number of hydrogen-bond acceptors (Lipinski definition) is 5. The second-order valence-electron chi connectivity index (χ2n) is 7.62. The van der Waals surface area contributed by atoms with E-state index in [-0.39, 0.29) is 5.56 Å². The molecule has 1 saturated heterocycles. The van der Waals surface area contributed by atoms with Gasteiger partial charge in [0.1, 0.15) is 12.4 Å². The van der Waals surface area contributed by atoms with E-state index >= 15 is 0 Å². The van der Waals surface area contributed by atoms with E-state index in [1.807, 2.05) is 53.4 Å². The first-order valence-electron chi connectivity index (χ1n) is 10.6. The minimum atomic E-state index is -0.966. The Balaban J connectivity index is 1.49. The number of hydrogen-bond donors (Lipinski definition) is 2. The van der Waals surface area contributed by atoms with Gasteiger partial charge in [-0.1, -0.05) is 41.4 Å². The standard InChI is InChI=1S/C25H24Cl2N2O4/c26-19-5-8-24(33-16-17-3-1-2-4-22(17)27)18(13-19)15-28-20-6-7-23(21(14-20)25(30)31)29-9-11-32-12-10-29/h1-8,13-14,28H,9-12,15-16H2,(H,30,31). The molecule has 1 aliphatic rings. The Morgan fingerprint density at radius 3 is 2.58 bits per heavy atom. The van der Waals surface area contributed by atoms with E-state index in [9.17, 15) is 9.90 Å². The number of halogens is 2. The van der Waals surface area contributed by atoms with Crippen molar-refractivity contribution in [3.63, 3.8) is 0 Å². The van der Waals surface area contributed by atoms with Crippen LogP contribution in [0.15, 0.2) is 60.7 Å². The highest BCUT2D eigenvalue weighted by atomic mass is 35.5. The van der Waals surface area contributed by atoms with Crippen LogP contribution in [0.25, 0.3) is 0 Å². The first-order valence-corrected chi connectivity index (χ1v) is 11.4. The Kier molecular flexibility index (Phi) is 7.60. The quantitative estimate of drug-likeness (QED) is 0.424. The number of carboxylic acids is 1. The van der Waals surface area contributed by atoms with Gasteiger partial charge in [-0.3, -0.25) is 0 Å². The number of ether oxygens (including phenoxy) is 2. The van der Waals surface area contributed by atoms with Crippen molar-refractivity contribution in [2.45, 2.75) is 13.2 Å². The fraction of sp³-hybridized carbons (Fsp3) is 0.240. The average Bonchev–Trinajstić information content (AvgIpc) is 2.83. The van der Waals surface area contributed by atoms with Gasteiger partial charge in [0, 0.05) is 46.5 Å². The van der Waals surface area contributed by atoms with Crippen LogP contribution < -0.4 is 15.0 Å². The van der Waals surface area contributed by atoms with Gasteiger partial charge in [0.25, 0.3) is 0 Å². The summed E-state index contributed by atoms with van der Waals surface area (Å²) in [6, 6.07) is 18.3. The highest BCUT2D eigenvalue weighted by Crippen LogP contribution is 2.28. The van der Waals surface area contributed by atoms with Crippen LogP contribution in [0, 0.1) is 0 Å². The van der Waals surface area contributed by atoms with Gasteiger partial charge in [0.15, 0.2) is 0 Å². The molecule has 0 spiro atoms. The summed E-state index contributed by atoms with van der Waals surface area (Å²) in [5, 5.41) is 14.3. The third-order valence-corrected chi connectivity index (χ3v) is 6.03. The molecule has 0 unspecified atom stereocenters. The van der Waals surface area contributed by atoms with E-state index < -0.39 is 5.97 Å². The maximum Gasteiger partial charge on any atom is 0.337 e. The van der Waals surface area contributed by atoms with Gasteiger partial charge < -0.3 is 24.8 Å². The SMILES string of the molecule is O=C(O)c1cc(NCc2cc(Cl)ccc2OCc2ccccc2Cl)ccc1N1CCOCC1. The van der Waals surface area contributed by atoms with Gasteiger partial charge in [0.05, 0.1) is 24.5 Å². The van der Waals surface area contributed by atoms with Crippen LogP contribution in [0.3, 0.4) is 0 Å². The fourth-order valence-electron chi connectivity index (χ4n) is 3.69. The zero-order valence-corrected chi connectivity index (χ0v) is 19.4. The monoisotopic (exact) mass is 486 g/mol. The number of aromatic carboxylic acids is 1. The first kappa shape index (κ1) is 23.2. The van der Waals surface area contributed by atoms with E-state index in [0.717, 1.165) is 11.1 Å². The molecule has 6 nitrogen and oxygen atoms in total. The van der Waals surface area contributed by atoms with Crippen LogP contribution in [0.5, 0.6) is 5.75 Å². The van der Waals surface area contributed by atoms with Crippen LogP contribution in [0.4, 0.5) is 11.4 Å². The average molecular weight is 487 g/mol. The predicted molar refractivity (Wildman–Crippen MR) is 131 cm³/mol. The van der Waals surface area contributed by atoms with E-state index in [2.05, 4.69) is 5.32 Å². The molecule has 8 heteroatoms. The van der Waals surface area contributed by atoms with Crippen LogP contribution in [-0.2, 0) is 17.9 Å². The number of carboxylic acid groups (broad SMARTS) is 1. The van der Waals surface area contributed by atoms with Crippen molar-refractivity contribution >= 4 is 40.5 Å². The Bertz CT molecular complexity index is 1130. The molecule has 1 fully saturated rings. The normalized spacial score (nSPS) is 13.6. The number of rotatable bonds is 8. The highest BCUT2D eigenvalue weighted by Gasteiger charge is 2.19. The van der Waals surface area contributed by atoms with Crippen molar-refractivity contribution < 1.29 is 19.4 Å². The zero-order chi connectivity index (χ0) is 23.2. The van der Waals surface area contributed by atoms with Crippen molar-refractivity contribution in [2.24, 2.45) is 0 Å². The number of carbonyl (C=O) groups is 1. The maximum absolute atomic E-state index is 11.9. The third-order valence-electron chi connectivity index (χ3n) is 5.43. The summed E-state index contributed by atoms with van der Waals surface area (Å²) >= 11 is 12.5. The van der Waals surface area contributed by atoms with Crippen LogP contribution in [-0.4, -0.2) is 37.4 Å². The van der Waals surface area contributed by atoms with Crippen molar-refractivity contribution in [3.05, 3.63) is 87.4 Å². The Morgan fingerprint density at radius 1 is 1.03 bits per heavy atom. The minimum absolute atomic E-state index is 0.253. The predicted octanol–water partition coefficient (Wildman–Crippen LogP) is 5.72. The summed E-state index contributed by atoms with van der Waals surface area (Å²) < 4.78 is 11.4. The van der Waals surface area contributed by atoms with E-state index in [4.69, 9.17) is 32.7 Å². The lowest BCUT2D eigenvalue weighted by Crippen LogP contribution is -2.37. The number of benzene rings is 3. The molecular formula is C25H24Cl2N2O4. The molecule has 0 saturated carbocycles. The lowest BCUT2D eigenvalue weighted by molar-refractivity contribution is 0.0696. The molecule has 3 aromatic carbocycles. The first-order chi connectivity index (χ1) is 16.0. The van der Waals surface area contributed by atoms with Crippen molar-refractivity contribution in [1.29, 1.82) is 0 Å². The summed E-state index contributed by atoms with van der Waals surface area (Å²) in [7, 11) is 0. The van der Waals surface area contributed by atoms with Crippen molar-refractivity contribution in [3.8, 4) is 5.75 Å². The summed E-state index contributed by atoms with van der Waals surface area (Å²) in [4.78, 5) is 13.9. The molecule has 0 aromatic heterocycles. The molecule has 4 rings (SSSR count). The van der Waals surface area contributed by atoms with Crippen LogP contribution in [0.1, 0.15) is 21.5 Å². The van der Waals surface area contributed by atoms with Gasteiger partial charge in [0.2, 0.25) is 0 Å². The minimum Gasteiger partial charge on any atom is -0.488 e. The summed E-state index contributed by atoms with van der Waals surface area (Å²) in [6.45, 7) is 3.25. The lowest BCUT2D eigenvalue weighted by Gasteiger charge is -2.30. The van der Waals surface area contributed by atoms with Gasteiger partial charge in [-0.2, -0.15) is 0 Å². The van der Waals surface area contributed by atoms with Crippen LogP contribution in [0.2, 0.25) is 10.0 Å². The van der Waals surface area contributed by atoms with E-state index in [1.54, 1.807) is 12.1 Å². The summed E-state index contributed by atoms with van der Waals surface area (Å²) in [5.41, 5.74) is 3.38. The number of nitrogens with zero attached hydrogens (tertiary/aromatic N) is 1. The van der Waals surface area contributed by atoms with Gasteiger partial charge in [-0.15, -0.1) is 0 Å². The number of morpholine rings is 1. The molecule has 2 N–H and O–H groups in total. The summed E-state index contributed by atoms with van der Waals surface area (Å²) in [6.07, 6.45) is 0. The highest BCUT2D eigenvalue weighted by molar-refractivity contribution is 6.31. The largest absolute Gasteiger partial charge is 0.488 e. The van der Waals surface area contributed by atoms with E-state index in [0.29, 0.717) is 66.6 Å². The Labute approximate surface area is 202 Å². The molecule has 1 heterocycles. The van der Waals surface area contributed by atoms with Gasteiger partial charge >= 0.3 is 5.97 Å². The van der Waals surface area contributed by atoms with Gasteiger partial charge in [-0.05, 0) is 42.5 Å². The van der Waals surface area contributed by atoms with Crippen molar-refractivity contribution in [2.75, 3.05) is 36.5 Å². The van der Waals surface area contributed by atoms with Gasteiger partial charge in [-0.25, -0.2) is 4.79 Å². The van der Waals surface area contributed by atoms with Crippen LogP contribution >= 0.6 is 23.2 Å². The number of anilines is 2. The molecule has 0 amide bonds. The molecule has 172 valence electrons. The fourth-order valence-corrected chi connectivity index (χ4v) is 4.08. The molecular weight excluding hydrogens is 463 g/mol. The molecule has 0 bridgehead atoms. The third kappa shape index (κ3) is 5.90. The van der Waals surface area contributed by atoms with Crippen molar-refractivity contribution in [1.82, 2.24) is 0 Å². The second-order valence-corrected chi connectivity index (χ2v) is 8.47.